The third-order valence-electron chi connectivity index (χ3n) is 1.05. The molecule has 0 N–H and O–H groups in total. The monoisotopic (exact) mass is 169 g/mol. The molecule has 0 amide bonds. The molecule has 0 aliphatic heterocycles. The molecule has 0 aliphatic rings. The second kappa shape index (κ2) is 2.90. The lowest BCUT2D eigenvalue weighted by molar-refractivity contribution is 0.473. The third-order valence-corrected chi connectivity index (χ3v) is 2.91. The van der Waals surface area contributed by atoms with Gasteiger partial charge in [0.05, 0.1) is 11.6 Å². The lowest BCUT2D eigenvalue weighted by atomic mass is 10.8. The van der Waals surface area contributed by atoms with Gasteiger partial charge in [-0.25, -0.2) is 8.42 Å². The van der Waals surface area contributed by atoms with Crippen LogP contribution in [0.4, 0.5) is 0 Å². The summed E-state index contributed by atoms with van der Waals surface area (Å²) in [7, 11) is -1.55. The minimum absolute atomic E-state index is 0.250. The molecule has 0 aromatic rings. The van der Waals surface area contributed by atoms with Crippen LogP contribution in [0.2, 0.25) is 0 Å². The molecule has 5 heteroatoms. The molecule has 0 radical (unpaired) electrons. The van der Waals surface area contributed by atoms with E-state index < -0.39 is 10.0 Å². The van der Waals surface area contributed by atoms with Gasteiger partial charge >= 0.3 is 0 Å². The van der Waals surface area contributed by atoms with Crippen LogP contribution >= 0.6 is 12.6 Å². The molecular formula is C4H11NO2S2. The summed E-state index contributed by atoms with van der Waals surface area (Å²) in [5.41, 5.74) is 0. The Labute approximate surface area is 61.5 Å². The summed E-state index contributed by atoms with van der Waals surface area (Å²) in [5, 5.41) is -0.250. The molecule has 0 bridgehead atoms. The zero-order valence-corrected chi connectivity index (χ0v) is 7.41. The SMILES string of the molecule is C[C@H](S)N(C)S(C)(=O)=O. The average Bonchev–Trinajstić information content (AvgIpc) is 1.62. The van der Waals surface area contributed by atoms with E-state index in [4.69, 9.17) is 0 Å². The van der Waals surface area contributed by atoms with Crippen LogP contribution in [-0.2, 0) is 10.0 Å². The largest absolute Gasteiger partial charge is 0.212 e. The van der Waals surface area contributed by atoms with E-state index in [1.54, 1.807) is 6.92 Å². The fourth-order valence-corrected chi connectivity index (χ4v) is 1.35. The van der Waals surface area contributed by atoms with Crippen molar-refractivity contribution in [1.82, 2.24) is 4.31 Å². The van der Waals surface area contributed by atoms with Crippen LogP contribution < -0.4 is 0 Å². The van der Waals surface area contributed by atoms with Crippen molar-refractivity contribution in [2.45, 2.75) is 12.3 Å². The van der Waals surface area contributed by atoms with Gasteiger partial charge in [-0.1, -0.05) is 0 Å². The number of hydrogen-bond donors (Lipinski definition) is 1. The van der Waals surface area contributed by atoms with Gasteiger partial charge in [-0.15, -0.1) is 0 Å². The van der Waals surface area contributed by atoms with Crippen molar-refractivity contribution in [2.24, 2.45) is 0 Å². The van der Waals surface area contributed by atoms with Crippen LogP contribution in [0.3, 0.4) is 0 Å². The van der Waals surface area contributed by atoms with E-state index in [1.165, 1.54) is 11.4 Å². The lowest BCUT2D eigenvalue weighted by Gasteiger charge is -2.16. The summed E-state index contributed by atoms with van der Waals surface area (Å²) in [6, 6.07) is 0. The van der Waals surface area contributed by atoms with Gasteiger partial charge in [-0.3, -0.25) is 0 Å². The molecule has 0 heterocycles. The summed E-state index contributed by atoms with van der Waals surface area (Å²) >= 11 is 3.93. The molecule has 56 valence electrons. The molecule has 0 saturated heterocycles. The molecule has 0 aliphatic carbocycles. The standard InChI is InChI=1S/C4H11NO2S2/c1-4(8)5(2)9(3,6)7/h4,8H,1-3H3/t4-/m0/s1. The van der Waals surface area contributed by atoms with Crippen molar-refractivity contribution in [3.8, 4) is 0 Å². The smallest absolute Gasteiger partial charge is 0.211 e. The van der Waals surface area contributed by atoms with Crippen molar-refractivity contribution in [2.75, 3.05) is 13.3 Å². The maximum Gasteiger partial charge on any atom is 0.211 e. The van der Waals surface area contributed by atoms with Crippen molar-refractivity contribution in [3.63, 3.8) is 0 Å². The van der Waals surface area contributed by atoms with E-state index in [-0.39, 0.29) is 5.37 Å². The van der Waals surface area contributed by atoms with E-state index in [0.29, 0.717) is 0 Å². The van der Waals surface area contributed by atoms with Gasteiger partial charge in [0, 0.05) is 7.05 Å². The van der Waals surface area contributed by atoms with E-state index in [9.17, 15) is 8.42 Å². The number of hydrogen-bond acceptors (Lipinski definition) is 3. The summed E-state index contributed by atoms with van der Waals surface area (Å²) in [4.78, 5) is 0. The van der Waals surface area contributed by atoms with Crippen molar-refractivity contribution >= 4 is 22.7 Å². The Morgan fingerprint density at radius 2 is 1.89 bits per heavy atom. The molecule has 0 saturated carbocycles. The highest BCUT2D eigenvalue weighted by Gasteiger charge is 2.13. The summed E-state index contributed by atoms with van der Waals surface area (Å²) in [5.74, 6) is 0. The first kappa shape index (κ1) is 9.26. The first-order valence-electron chi connectivity index (χ1n) is 2.47. The highest BCUT2D eigenvalue weighted by Crippen LogP contribution is 2.03. The molecule has 0 fully saturated rings. The molecule has 0 rings (SSSR count). The summed E-state index contributed by atoms with van der Waals surface area (Å²) < 4.78 is 22.5. The van der Waals surface area contributed by atoms with Gasteiger partial charge in [0.15, 0.2) is 0 Å². The molecule has 0 unspecified atom stereocenters. The highest BCUT2D eigenvalue weighted by molar-refractivity contribution is 7.89. The molecular weight excluding hydrogens is 158 g/mol. The van der Waals surface area contributed by atoms with Gasteiger partial charge in [-0.2, -0.15) is 16.9 Å². The Morgan fingerprint density at radius 1 is 1.56 bits per heavy atom. The minimum atomic E-state index is -3.05. The van der Waals surface area contributed by atoms with E-state index in [1.807, 2.05) is 0 Å². The normalized spacial score (nSPS) is 16.1. The van der Waals surface area contributed by atoms with Crippen LogP contribution in [0, 0.1) is 0 Å². The Hall–Kier alpha value is 0.260. The van der Waals surface area contributed by atoms with E-state index >= 15 is 0 Å². The zero-order chi connectivity index (χ0) is 7.65. The topological polar surface area (TPSA) is 37.4 Å². The fourth-order valence-electron chi connectivity index (χ4n) is 0.277. The van der Waals surface area contributed by atoms with Crippen LogP contribution in [0.5, 0.6) is 0 Å². The van der Waals surface area contributed by atoms with Crippen molar-refractivity contribution < 1.29 is 8.42 Å². The number of thiol groups is 1. The molecule has 9 heavy (non-hydrogen) atoms. The van der Waals surface area contributed by atoms with Crippen LogP contribution in [0.25, 0.3) is 0 Å². The number of rotatable bonds is 2. The predicted octanol–water partition coefficient (Wildman–Crippen LogP) is 0.154. The minimum Gasteiger partial charge on any atom is -0.212 e. The number of sulfonamides is 1. The lowest BCUT2D eigenvalue weighted by Crippen LogP contribution is -2.30. The van der Waals surface area contributed by atoms with E-state index in [0.717, 1.165) is 6.26 Å². The number of nitrogens with zero attached hydrogens (tertiary/aromatic N) is 1. The maximum absolute atomic E-state index is 10.6. The molecule has 3 nitrogen and oxygen atoms in total. The third kappa shape index (κ3) is 3.07. The average molecular weight is 169 g/mol. The Morgan fingerprint density at radius 3 is 1.89 bits per heavy atom. The summed E-state index contributed by atoms with van der Waals surface area (Å²) in [6.45, 7) is 1.70. The molecule has 1 atom stereocenters. The highest BCUT2D eigenvalue weighted by atomic mass is 32.2. The van der Waals surface area contributed by atoms with Crippen LogP contribution in [0.1, 0.15) is 6.92 Å². The van der Waals surface area contributed by atoms with Gasteiger partial charge in [0.25, 0.3) is 0 Å². The Kier molecular flexibility index (Phi) is 2.98. The van der Waals surface area contributed by atoms with E-state index in [2.05, 4.69) is 12.6 Å². The molecule has 0 aromatic heterocycles. The predicted molar refractivity (Wildman–Crippen MR) is 41.1 cm³/mol. The first-order valence-corrected chi connectivity index (χ1v) is 4.83. The quantitative estimate of drug-likeness (QED) is 0.472. The second-order valence-corrected chi connectivity index (χ2v) is 4.70. The van der Waals surface area contributed by atoms with Gasteiger partial charge < -0.3 is 0 Å². The van der Waals surface area contributed by atoms with Crippen LogP contribution in [-0.4, -0.2) is 31.4 Å². The molecule has 0 aromatic carbocycles. The Balaban J connectivity index is 4.24. The van der Waals surface area contributed by atoms with Gasteiger partial charge in [0.2, 0.25) is 10.0 Å². The summed E-state index contributed by atoms with van der Waals surface area (Å²) in [6.07, 6.45) is 1.15. The van der Waals surface area contributed by atoms with Crippen LogP contribution in [0.15, 0.2) is 0 Å². The van der Waals surface area contributed by atoms with Crippen molar-refractivity contribution in [1.29, 1.82) is 0 Å². The zero-order valence-electron chi connectivity index (χ0n) is 5.70. The van der Waals surface area contributed by atoms with Gasteiger partial charge in [0.1, 0.15) is 0 Å². The van der Waals surface area contributed by atoms with Crippen molar-refractivity contribution in [3.05, 3.63) is 0 Å². The van der Waals surface area contributed by atoms with Gasteiger partial charge in [-0.05, 0) is 6.92 Å². The first-order chi connectivity index (χ1) is 3.85. The maximum atomic E-state index is 10.6. The Bertz CT molecular complexity index is 173. The fraction of sp³-hybridized carbons (Fsp3) is 1.00. The second-order valence-electron chi connectivity index (χ2n) is 1.91. The molecule has 0 spiro atoms.